The van der Waals surface area contributed by atoms with E-state index in [-0.39, 0.29) is 33.9 Å². The fourth-order valence-electron chi connectivity index (χ4n) is 4.19. The molecule has 15 heteroatoms. The van der Waals surface area contributed by atoms with Crippen molar-refractivity contribution in [1.29, 1.82) is 0 Å². The number of methoxy groups -OCH3 is 2. The molecule has 288 valence electrons. The van der Waals surface area contributed by atoms with Crippen LogP contribution in [-0.2, 0) is 4.79 Å². The van der Waals surface area contributed by atoms with Crippen molar-refractivity contribution in [3.05, 3.63) is 150 Å². The Morgan fingerprint density at radius 2 is 1.22 bits per heavy atom. The average molecular weight is 756 g/mol. The van der Waals surface area contributed by atoms with E-state index < -0.39 is 35.3 Å². The number of carbonyl (C=O) groups excluding carboxylic acids is 4. The van der Waals surface area contributed by atoms with Crippen LogP contribution in [0.3, 0.4) is 0 Å². The van der Waals surface area contributed by atoms with Crippen LogP contribution in [0.4, 0.5) is 25.8 Å². The molecule has 5 N–H and O–H groups in total. The van der Waals surface area contributed by atoms with E-state index in [1.165, 1.54) is 75.1 Å². The summed E-state index contributed by atoms with van der Waals surface area (Å²) in [4.78, 5) is 53.1. The zero-order chi connectivity index (χ0) is 40.9. The third-order valence-corrected chi connectivity index (χ3v) is 6.77. The summed E-state index contributed by atoms with van der Waals surface area (Å²) < 4.78 is 36.2. The van der Waals surface area contributed by atoms with Crippen molar-refractivity contribution in [2.45, 2.75) is 27.7 Å². The van der Waals surface area contributed by atoms with E-state index in [2.05, 4.69) is 49.6 Å². The SMILES string of the molecule is C=C(NC(=O)c1c(OC)cccc1OC)C(=C)C(=O)Nc1ccc(F)cc1.CC.CC.O=C(Nc1cn[nH]c1C(=O)Nc1ccc(F)cc1)c1ccccn1. The minimum absolute atomic E-state index is 0.00701. The Balaban J connectivity index is 0.000000350. The van der Waals surface area contributed by atoms with E-state index >= 15 is 0 Å². The number of benzene rings is 3. The summed E-state index contributed by atoms with van der Waals surface area (Å²) in [5.74, 6) is -2.35. The van der Waals surface area contributed by atoms with Crippen molar-refractivity contribution in [3.8, 4) is 11.5 Å². The molecule has 0 fully saturated rings. The first-order chi connectivity index (χ1) is 26.5. The third-order valence-electron chi connectivity index (χ3n) is 6.77. The first-order valence-electron chi connectivity index (χ1n) is 16.8. The van der Waals surface area contributed by atoms with Gasteiger partial charge in [-0.1, -0.05) is 53.0 Å². The molecule has 5 rings (SSSR count). The highest BCUT2D eigenvalue weighted by Gasteiger charge is 2.21. The molecule has 0 saturated heterocycles. The molecule has 13 nitrogen and oxygen atoms in total. The van der Waals surface area contributed by atoms with Crippen LogP contribution in [-0.4, -0.2) is 53.0 Å². The Morgan fingerprint density at radius 3 is 1.73 bits per heavy atom. The number of carbonyl (C=O) groups is 4. The highest BCUT2D eigenvalue weighted by molar-refractivity contribution is 6.11. The summed E-state index contributed by atoms with van der Waals surface area (Å²) in [5, 5.41) is 16.5. The largest absolute Gasteiger partial charge is 0.496 e. The van der Waals surface area contributed by atoms with Gasteiger partial charge in [0.25, 0.3) is 23.6 Å². The monoisotopic (exact) mass is 755 g/mol. The lowest BCUT2D eigenvalue weighted by atomic mass is 10.1. The number of hydrogen-bond acceptors (Lipinski definition) is 8. The number of nitrogens with zero attached hydrogens (tertiary/aromatic N) is 2. The van der Waals surface area contributed by atoms with Gasteiger partial charge in [-0.25, -0.2) is 8.78 Å². The number of ether oxygens (including phenoxy) is 2. The maximum Gasteiger partial charge on any atom is 0.275 e. The highest BCUT2D eigenvalue weighted by Crippen LogP contribution is 2.28. The summed E-state index contributed by atoms with van der Waals surface area (Å²) >= 11 is 0. The lowest BCUT2D eigenvalue weighted by Gasteiger charge is -2.15. The molecule has 0 saturated carbocycles. The first-order valence-corrected chi connectivity index (χ1v) is 16.8. The molecule has 2 aromatic heterocycles. The Morgan fingerprint density at radius 1 is 0.673 bits per heavy atom. The average Bonchev–Trinajstić information content (AvgIpc) is 3.69. The second kappa shape index (κ2) is 22.7. The van der Waals surface area contributed by atoms with Crippen LogP contribution in [0.25, 0.3) is 0 Å². The van der Waals surface area contributed by atoms with Gasteiger partial charge < -0.3 is 30.7 Å². The fraction of sp³-hybridized carbons (Fsp3) is 0.150. The molecular weight excluding hydrogens is 712 g/mol. The van der Waals surface area contributed by atoms with E-state index in [4.69, 9.17) is 9.47 Å². The molecule has 0 atom stereocenters. The minimum atomic E-state index is -0.584. The molecule has 0 bridgehead atoms. The number of nitrogens with one attached hydrogen (secondary N) is 5. The number of anilines is 3. The van der Waals surface area contributed by atoms with Gasteiger partial charge in [0.2, 0.25) is 0 Å². The molecule has 55 heavy (non-hydrogen) atoms. The number of aromatic nitrogens is 3. The molecule has 3 aromatic carbocycles. The van der Waals surface area contributed by atoms with E-state index in [1.54, 1.807) is 36.4 Å². The number of halogens is 2. The fourth-order valence-corrected chi connectivity index (χ4v) is 4.19. The van der Waals surface area contributed by atoms with Crippen LogP contribution < -0.4 is 30.7 Å². The van der Waals surface area contributed by atoms with Crippen LogP contribution in [0.15, 0.2) is 122 Å². The summed E-state index contributed by atoms with van der Waals surface area (Å²) in [6.07, 6.45) is 2.81. The lowest BCUT2D eigenvalue weighted by Crippen LogP contribution is -2.27. The smallest absolute Gasteiger partial charge is 0.275 e. The van der Waals surface area contributed by atoms with E-state index in [0.29, 0.717) is 22.9 Å². The minimum Gasteiger partial charge on any atom is -0.496 e. The van der Waals surface area contributed by atoms with E-state index in [1.807, 2.05) is 27.7 Å². The quantitative estimate of drug-likeness (QED) is 0.0671. The number of amides is 4. The van der Waals surface area contributed by atoms with Crippen molar-refractivity contribution in [3.63, 3.8) is 0 Å². The van der Waals surface area contributed by atoms with Crippen molar-refractivity contribution in [2.24, 2.45) is 0 Å². The van der Waals surface area contributed by atoms with Gasteiger partial charge in [0.15, 0.2) is 0 Å². The Bertz CT molecular complexity index is 2030. The molecule has 0 aliphatic carbocycles. The summed E-state index contributed by atoms with van der Waals surface area (Å²) in [7, 11) is 2.85. The second-order valence-corrected chi connectivity index (χ2v) is 10.2. The number of rotatable bonds is 11. The summed E-state index contributed by atoms with van der Waals surface area (Å²) in [6, 6.07) is 20.4. The van der Waals surface area contributed by atoms with Crippen LogP contribution in [0.5, 0.6) is 11.5 Å². The number of hydrogen-bond donors (Lipinski definition) is 5. The number of pyridine rings is 1. The summed E-state index contributed by atoms with van der Waals surface area (Å²) in [5.41, 5.74) is 1.41. The van der Waals surface area contributed by atoms with Gasteiger partial charge in [-0.05, 0) is 72.8 Å². The number of aromatic amines is 1. The van der Waals surface area contributed by atoms with Crippen LogP contribution in [0, 0.1) is 11.6 Å². The molecular formula is C40H43F2N7O6. The van der Waals surface area contributed by atoms with Gasteiger partial charge in [-0.3, -0.25) is 29.3 Å². The Kier molecular flexibility index (Phi) is 18.2. The molecule has 0 aliphatic rings. The normalized spacial score (nSPS) is 9.53. The maximum atomic E-state index is 12.9. The Hall–Kier alpha value is -7.16. The van der Waals surface area contributed by atoms with Gasteiger partial charge >= 0.3 is 0 Å². The first kappa shape index (κ1) is 44.0. The van der Waals surface area contributed by atoms with Crippen LogP contribution >= 0.6 is 0 Å². The topological polar surface area (TPSA) is 176 Å². The standard InChI is InChI=1S/C20H19FN2O4.C16H12FN5O2.2C2H6/c1-12(19(24)23-15-10-8-14(21)9-11-15)13(2)22-20(25)18-16(26-3)6-5-7-17(18)27-4;17-10-4-6-11(7-5-10)20-16(24)14-13(9-19-22-14)21-15(23)12-3-1-2-8-18-12;2*1-2/h5-11H,1-2H2,3-4H3,(H,22,25)(H,23,24);1-9H,(H,19,22)(H,20,24)(H,21,23);2*1-2H3. The zero-order valence-corrected chi connectivity index (χ0v) is 31.3. The van der Waals surface area contributed by atoms with Gasteiger partial charge in [-0.15, -0.1) is 0 Å². The van der Waals surface area contributed by atoms with Gasteiger partial charge in [0.1, 0.15) is 40.1 Å². The Labute approximate surface area is 317 Å². The van der Waals surface area contributed by atoms with Crippen LogP contribution in [0.1, 0.15) is 59.0 Å². The molecule has 0 unspecified atom stereocenters. The van der Waals surface area contributed by atoms with Crippen molar-refractivity contribution in [2.75, 3.05) is 30.2 Å². The third kappa shape index (κ3) is 13.1. The second-order valence-electron chi connectivity index (χ2n) is 10.2. The molecule has 4 amide bonds. The van der Waals surface area contributed by atoms with Crippen LogP contribution in [0.2, 0.25) is 0 Å². The molecule has 0 aliphatic heterocycles. The van der Waals surface area contributed by atoms with E-state index in [0.717, 1.165) is 0 Å². The molecule has 5 aromatic rings. The van der Waals surface area contributed by atoms with Crippen molar-refractivity contribution < 1.29 is 37.4 Å². The van der Waals surface area contributed by atoms with E-state index in [9.17, 15) is 28.0 Å². The van der Waals surface area contributed by atoms with Crippen molar-refractivity contribution in [1.82, 2.24) is 20.5 Å². The van der Waals surface area contributed by atoms with Crippen molar-refractivity contribution >= 4 is 40.7 Å². The molecule has 0 spiro atoms. The summed E-state index contributed by atoms with van der Waals surface area (Å²) in [6.45, 7) is 15.3. The predicted molar refractivity (Wildman–Crippen MR) is 208 cm³/mol. The highest BCUT2D eigenvalue weighted by atomic mass is 19.1. The lowest BCUT2D eigenvalue weighted by molar-refractivity contribution is -0.112. The van der Waals surface area contributed by atoms with Gasteiger partial charge in [0, 0.05) is 23.3 Å². The van der Waals surface area contributed by atoms with Gasteiger partial charge in [-0.2, -0.15) is 5.10 Å². The maximum absolute atomic E-state index is 12.9. The molecule has 2 heterocycles. The number of H-pyrrole nitrogens is 1. The zero-order valence-electron chi connectivity index (χ0n) is 31.3. The molecule has 0 radical (unpaired) electrons. The predicted octanol–water partition coefficient (Wildman–Crippen LogP) is 7.78. The van der Waals surface area contributed by atoms with Gasteiger partial charge in [0.05, 0.1) is 31.7 Å².